The van der Waals surface area contributed by atoms with E-state index >= 15 is 0 Å². The molecule has 4 heteroatoms. The van der Waals surface area contributed by atoms with Gasteiger partial charge in [-0.15, -0.1) is 43.0 Å². The van der Waals surface area contributed by atoms with Crippen LogP contribution in [0.4, 0.5) is 0 Å². The van der Waals surface area contributed by atoms with Gasteiger partial charge in [-0.1, -0.05) is 66.7 Å². The van der Waals surface area contributed by atoms with Crippen LogP contribution in [0.15, 0.2) is 55.7 Å². The maximum atomic E-state index is 10.6. The molecule has 3 nitrogen and oxygen atoms in total. The molecule has 1 aliphatic carbocycles. The van der Waals surface area contributed by atoms with Crippen molar-refractivity contribution in [3.63, 3.8) is 0 Å². The Morgan fingerprint density at radius 2 is 1.11 bits per heavy atom. The third-order valence-corrected chi connectivity index (χ3v) is 2.77. The third kappa shape index (κ3) is 44.7. The molecule has 0 spiro atoms. The van der Waals surface area contributed by atoms with E-state index < -0.39 is 16.8 Å². The molecule has 158 valence electrons. The van der Waals surface area contributed by atoms with Gasteiger partial charge in [0.15, 0.2) is 0 Å². The van der Waals surface area contributed by atoms with Crippen molar-refractivity contribution < 1.29 is 41.2 Å². The molecule has 0 fully saturated rings. The minimum Gasteiger partial charge on any atom is -0.850 e. The van der Waals surface area contributed by atoms with E-state index in [1.807, 2.05) is 0 Å². The molecule has 1 rings (SSSR count). The van der Waals surface area contributed by atoms with Crippen LogP contribution in [0.3, 0.4) is 0 Å². The smallest absolute Gasteiger partial charge is 0.850 e. The topological polar surface area (TPSA) is 69.2 Å². The molecule has 1 aliphatic rings. The molecule has 0 radical (unpaired) electrons. The molecule has 0 aromatic carbocycles. The fourth-order valence-electron chi connectivity index (χ4n) is 1.56. The molecule has 0 N–H and O–H groups in total. The Morgan fingerprint density at radius 1 is 0.821 bits per heavy atom. The molecular formula is C24H40HfO3. The van der Waals surface area contributed by atoms with Gasteiger partial charge < -0.3 is 15.3 Å². The fraction of sp³-hybridized carbons (Fsp3) is 0.583. The van der Waals surface area contributed by atoms with Gasteiger partial charge in [-0.25, -0.2) is 11.6 Å². The summed E-state index contributed by atoms with van der Waals surface area (Å²) in [6.45, 7) is 22.3. The van der Waals surface area contributed by atoms with Crippen LogP contribution in [0.1, 0.15) is 74.1 Å². The summed E-state index contributed by atoms with van der Waals surface area (Å²) in [6, 6.07) is 0. The summed E-state index contributed by atoms with van der Waals surface area (Å²) in [4.78, 5) is 0. The van der Waals surface area contributed by atoms with Crippen molar-refractivity contribution in [2.45, 2.75) is 91.0 Å². The summed E-state index contributed by atoms with van der Waals surface area (Å²) in [7, 11) is 0. The van der Waals surface area contributed by atoms with Crippen LogP contribution in [0.25, 0.3) is 0 Å². The van der Waals surface area contributed by atoms with Gasteiger partial charge in [0, 0.05) is 0 Å². The van der Waals surface area contributed by atoms with Crippen LogP contribution < -0.4 is 15.3 Å². The third-order valence-electron chi connectivity index (χ3n) is 2.77. The predicted octanol–water partition coefficient (Wildman–Crippen LogP) is 3.80. The average Bonchev–Trinajstić information content (AvgIpc) is 2.87. The van der Waals surface area contributed by atoms with Crippen LogP contribution in [-0.4, -0.2) is 16.8 Å². The minimum absolute atomic E-state index is 0. The van der Waals surface area contributed by atoms with E-state index in [2.05, 4.69) is 44.9 Å². The quantitative estimate of drug-likeness (QED) is 0.285. The van der Waals surface area contributed by atoms with Gasteiger partial charge >= 0.3 is 25.8 Å². The summed E-state index contributed by atoms with van der Waals surface area (Å²) in [5.74, 6) is 0. The van der Waals surface area contributed by atoms with Crippen LogP contribution in [0, 0.1) is 6.08 Å². The summed E-state index contributed by atoms with van der Waals surface area (Å²) in [5.41, 5.74) is -1.18. The molecule has 0 saturated carbocycles. The molecule has 0 bridgehead atoms. The summed E-state index contributed by atoms with van der Waals surface area (Å²) in [5, 5.41) is 31.9. The molecule has 0 aliphatic heterocycles. The van der Waals surface area contributed by atoms with Crippen molar-refractivity contribution in [2.75, 3.05) is 0 Å². The largest absolute Gasteiger partial charge is 4.00 e. The molecule has 0 aromatic heterocycles. The van der Waals surface area contributed by atoms with Crippen molar-refractivity contribution in [3.8, 4) is 0 Å². The number of allylic oxidation sites excluding steroid dienone is 4. The normalized spacial score (nSPS) is 12.4. The van der Waals surface area contributed by atoms with Crippen molar-refractivity contribution in [3.05, 3.63) is 61.8 Å². The Kier molecular flexibility index (Phi) is 23.0. The van der Waals surface area contributed by atoms with Gasteiger partial charge in [-0.3, -0.25) is 6.08 Å². The zero-order chi connectivity index (χ0) is 22.1. The maximum absolute atomic E-state index is 10.6. The molecule has 0 atom stereocenters. The van der Waals surface area contributed by atoms with Crippen molar-refractivity contribution in [1.82, 2.24) is 0 Å². The van der Waals surface area contributed by atoms with Gasteiger partial charge in [-0.05, 0) is 19.3 Å². The summed E-state index contributed by atoms with van der Waals surface area (Å²) >= 11 is 0. The second kappa shape index (κ2) is 18.5. The Hall–Kier alpha value is -0.550. The van der Waals surface area contributed by atoms with Crippen LogP contribution in [-0.2, 0) is 25.8 Å². The van der Waals surface area contributed by atoms with E-state index in [1.54, 1.807) is 59.8 Å². The Morgan fingerprint density at radius 3 is 1.14 bits per heavy atom. The second-order valence-electron chi connectivity index (χ2n) is 8.22. The van der Waals surface area contributed by atoms with E-state index in [-0.39, 0.29) is 25.8 Å². The first-order chi connectivity index (χ1) is 12.1. The van der Waals surface area contributed by atoms with Crippen LogP contribution in [0.2, 0.25) is 0 Å². The SMILES string of the molecule is C=CCC(C)(C)[O-].C=CCC(C)(C)[O-].C=CCC(C)(C)[O-].CC1=[C-]CC=C1.[Hf+4]. The van der Waals surface area contributed by atoms with Gasteiger partial charge in [0.2, 0.25) is 0 Å². The van der Waals surface area contributed by atoms with Crippen LogP contribution in [0.5, 0.6) is 0 Å². The molecule has 0 unspecified atom stereocenters. The first kappa shape index (κ1) is 34.9. The zero-order valence-corrected chi connectivity index (χ0v) is 22.7. The molecule has 0 saturated heterocycles. The van der Waals surface area contributed by atoms with Crippen molar-refractivity contribution >= 4 is 0 Å². The predicted molar refractivity (Wildman–Crippen MR) is 113 cm³/mol. The number of hydrogen-bond acceptors (Lipinski definition) is 3. The maximum Gasteiger partial charge on any atom is 4.00 e. The van der Waals surface area contributed by atoms with E-state index in [4.69, 9.17) is 0 Å². The molecule has 0 aromatic rings. The first-order valence-corrected chi connectivity index (χ1v) is 9.26. The zero-order valence-electron chi connectivity index (χ0n) is 19.1. The number of hydrogen-bond donors (Lipinski definition) is 0. The summed E-state index contributed by atoms with van der Waals surface area (Å²) < 4.78 is 0. The Bertz CT molecular complexity index is 405. The van der Waals surface area contributed by atoms with Gasteiger partial charge in [-0.2, -0.15) is 6.08 Å². The van der Waals surface area contributed by atoms with Crippen molar-refractivity contribution in [1.29, 1.82) is 0 Å². The Balaban J connectivity index is -0.000000136. The van der Waals surface area contributed by atoms with Crippen LogP contribution >= 0.6 is 0 Å². The van der Waals surface area contributed by atoms with E-state index in [0.29, 0.717) is 19.3 Å². The Labute approximate surface area is 193 Å². The molecule has 0 amide bonds. The van der Waals surface area contributed by atoms with Crippen molar-refractivity contribution in [2.24, 2.45) is 0 Å². The van der Waals surface area contributed by atoms with Gasteiger partial charge in [0.25, 0.3) is 0 Å². The second-order valence-corrected chi connectivity index (χ2v) is 8.22. The van der Waals surface area contributed by atoms with E-state index in [0.717, 1.165) is 6.42 Å². The molecule has 28 heavy (non-hydrogen) atoms. The monoisotopic (exact) mass is 556 g/mol. The summed E-state index contributed by atoms with van der Waals surface area (Å²) in [6.07, 6.45) is 14.9. The molecular weight excluding hydrogens is 515 g/mol. The first-order valence-electron chi connectivity index (χ1n) is 9.26. The minimum atomic E-state index is -0.818. The van der Waals surface area contributed by atoms with Gasteiger partial charge in [0.1, 0.15) is 0 Å². The fourth-order valence-corrected chi connectivity index (χ4v) is 1.56. The average molecular weight is 555 g/mol. The standard InChI is InChI=1S/3C6H11O.C6H7.Hf/c3*1-4-5-6(2,3)7;1-6-4-2-3-5-6;/h3*4H,1,5H2,2-3H3;2,4H,3H2,1H3;/q4*-1;+4. The van der Waals surface area contributed by atoms with Gasteiger partial charge in [0.05, 0.1) is 0 Å². The van der Waals surface area contributed by atoms with E-state index in [1.165, 1.54) is 5.57 Å². The molecule has 0 heterocycles. The number of rotatable bonds is 6. The van der Waals surface area contributed by atoms with E-state index in [9.17, 15) is 15.3 Å².